The van der Waals surface area contributed by atoms with Crippen molar-refractivity contribution in [1.29, 1.82) is 5.41 Å². The first-order chi connectivity index (χ1) is 4.57. The number of hydrogen-bond acceptors (Lipinski definition) is 3. The van der Waals surface area contributed by atoms with Gasteiger partial charge in [-0.25, -0.2) is 0 Å². The molecule has 10 heavy (non-hydrogen) atoms. The summed E-state index contributed by atoms with van der Waals surface area (Å²) in [7, 11) is 1.47. The molecule has 0 heterocycles. The molecule has 56 valence electrons. The van der Waals surface area contributed by atoms with E-state index in [0.717, 1.165) is 0 Å². The van der Waals surface area contributed by atoms with E-state index in [1.807, 2.05) is 0 Å². The average molecular weight is 141 g/mol. The molecule has 4 N–H and O–H groups in total. The van der Waals surface area contributed by atoms with Gasteiger partial charge in [-0.2, -0.15) is 0 Å². The molecule has 0 saturated carbocycles. The van der Waals surface area contributed by atoms with Gasteiger partial charge in [-0.3, -0.25) is 10.2 Å². The second kappa shape index (κ2) is 3.66. The quantitative estimate of drug-likeness (QED) is 0.458. The summed E-state index contributed by atoms with van der Waals surface area (Å²) in [6.07, 6.45) is 1.30. The van der Waals surface area contributed by atoms with Crippen LogP contribution in [0.4, 0.5) is 0 Å². The van der Waals surface area contributed by atoms with Crippen LogP contribution in [0.2, 0.25) is 0 Å². The molecular weight excluding hydrogens is 130 g/mol. The predicted molar refractivity (Wildman–Crippen MR) is 39.7 cm³/mol. The van der Waals surface area contributed by atoms with Gasteiger partial charge in [0.15, 0.2) is 0 Å². The fourth-order valence-corrected chi connectivity index (χ4v) is 0.428. The van der Waals surface area contributed by atoms with Crippen LogP contribution in [-0.2, 0) is 4.79 Å². The lowest BCUT2D eigenvalue weighted by Gasteiger charge is -1.95. The Morgan fingerprint density at radius 2 is 2.20 bits per heavy atom. The van der Waals surface area contributed by atoms with Crippen LogP contribution in [-0.4, -0.2) is 18.7 Å². The van der Waals surface area contributed by atoms with Gasteiger partial charge in [0.2, 0.25) is 0 Å². The van der Waals surface area contributed by atoms with E-state index in [-0.39, 0.29) is 5.71 Å². The van der Waals surface area contributed by atoms with E-state index in [0.29, 0.717) is 5.70 Å². The molecule has 1 amide bonds. The Hall–Kier alpha value is -1.32. The minimum atomic E-state index is -0.426. The summed E-state index contributed by atoms with van der Waals surface area (Å²) in [5.74, 6) is -0.426. The van der Waals surface area contributed by atoms with E-state index >= 15 is 0 Å². The number of rotatable bonds is 2. The van der Waals surface area contributed by atoms with Gasteiger partial charge in [-0.1, -0.05) is 0 Å². The van der Waals surface area contributed by atoms with Gasteiger partial charge in [0.1, 0.15) is 5.71 Å². The van der Waals surface area contributed by atoms with Gasteiger partial charge in [0, 0.05) is 12.7 Å². The minimum Gasteiger partial charge on any atom is -0.402 e. The summed E-state index contributed by atoms with van der Waals surface area (Å²) >= 11 is 0. The zero-order valence-corrected chi connectivity index (χ0v) is 6.06. The number of allylic oxidation sites excluding steroid dienone is 1. The Balaban J connectivity index is 4.11. The number of amides is 1. The van der Waals surface area contributed by atoms with Crippen LogP contribution in [0.5, 0.6) is 0 Å². The highest BCUT2D eigenvalue weighted by Crippen LogP contribution is 1.82. The lowest BCUT2D eigenvalue weighted by atomic mass is 10.3. The van der Waals surface area contributed by atoms with Crippen molar-refractivity contribution in [2.45, 2.75) is 6.92 Å². The third-order valence-electron chi connectivity index (χ3n) is 0.844. The summed E-state index contributed by atoms with van der Waals surface area (Å²) in [5.41, 5.74) is 5.56. The SMILES string of the molecule is CNC(=O)C(=N)C=C(C)N. The number of carbonyl (C=O) groups is 1. The van der Waals surface area contributed by atoms with Crippen LogP contribution < -0.4 is 11.1 Å². The molecule has 0 saturated heterocycles. The largest absolute Gasteiger partial charge is 0.402 e. The number of hydrogen-bond donors (Lipinski definition) is 3. The molecule has 0 spiro atoms. The number of nitrogens with two attached hydrogens (primary N) is 1. The van der Waals surface area contributed by atoms with E-state index < -0.39 is 5.91 Å². The summed E-state index contributed by atoms with van der Waals surface area (Å²) in [4.78, 5) is 10.6. The van der Waals surface area contributed by atoms with Crippen molar-refractivity contribution in [1.82, 2.24) is 5.32 Å². The van der Waals surface area contributed by atoms with Gasteiger partial charge in [-0.15, -0.1) is 0 Å². The molecule has 0 aromatic carbocycles. The van der Waals surface area contributed by atoms with Crippen molar-refractivity contribution < 1.29 is 4.79 Å². The lowest BCUT2D eigenvalue weighted by Crippen LogP contribution is -2.25. The second-order valence-corrected chi connectivity index (χ2v) is 1.88. The molecule has 0 rings (SSSR count). The van der Waals surface area contributed by atoms with Gasteiger partial charge in [-0.05, 0) is 13.0 Å². The van der Waals surface area contributed by atoms with Crippen molar-refractivity contribution in [3.63, 3.8) is 0 Å². The molecule has 0 radical (unpaired) electrons. The molecule has 0 aromatic rings. The Kier molecular flexibility index (Phi) is 3.17. The molecule has 0 bridgehead atoms. The second-order valence-electron chi connectivity index (χ2n) is 1.88. The zero-order chi connectivity index (χ0) is 8.15. The molecular formula is C6H11N3O. The molecule has 0 atom stereocenters. The fraction of sp³-hybridized carbons (Fsp3) is 0.333. The monoisotopic (exact) mass is 141 g/mol. The smallest absolute Gasteiger partial charge is 0.268 e. The number of nitrogens with one attached hydrogen (secondary N) is 2. The Morgan fingerprint density at radius 3 is 2.50 bits per heavy atom. The van der Waals surface area contributed by atoms with Crippen LogP contribution >= 0.6 is 0 Å². The molecule has 0 aromatic heterocycles. The van der Waals surface area contributed by atoms with E-state index in [9.17, 15) is 4.79 Å². The van der Waals surface area contributed by atoms with E-state index in [1.54, 1.807) is 6.92 Å². The normalized spacial score (nSPS) is 10.8. The Bertz CT molecular complexity index is 179. The highest BCUT2D eigenvalue weighted by molar-refractivity contribution is 6.42. The van der Waals surface area contributed by atoms with E-state index in [4.69, 9.17) is 11.1 Å². The molecule has 4 heteroatoms. The first-order valence-corrected chi connectivity index (χ1v) is 2.82. The van der Waals surface area contributed by atoms with Crippen molar-refractivity contribution in [2.75, 3.05) is 7.05 Å². The highest BCUT2D eigenvalue weighted by atomic mass is 16.1. The van der Waals surface area contributed by atoms with Crippen LogP contribution in [0.1, 0.15) is 6.92 Å². The highest BCUT2D eigenvalue weighted by Gasteiger charge is 2.01. The van der Waals surface area contributed by atoms with Crippen LogP contribution in [0.15, 0.2) is 11.8 Å². The zero-order valence-electron chi connectivity index (χ0n) is 6.06. The van der Waals surface area contributed by atoms with Crippen LogP contribution in [0, 0.1) is 5.41 Å². The van der Waals surface area contributed by atoms with Gasteiger partial charge in [0.25, 0.3) is 5.91 Å². The Labute approximate surface area is 59.6 Å². The van der Waals surface area contributed by atoms with Gasteiger partial charge >= 0.3 is 0 Å². The van der Waals surface area contributed by atoms with Crippen LogP contribution in [0.25, 0.3) is 0 Å². The number of carbonyl (C=O) groups excluding carboxylic acids is 1. The van der Waals surface area contributed by atoms with Gasteiger partial charge in [0.05, 0.1) is 0 Å². The van der Waals surface area contributed by atoms with Crippen molar-refractivity contribution in [2.24, 2.45) is 5.73 Å². The summed E-state index contributed by atoms with van der Waals surface area (Å²) in [6, 6.07) is 0. The maximum atomic E-state index is 10.6. The Morgan fingerprint density at radius 1 is 1.70 bits per heavy atom. The molecule has 0 fully saturated rings. The maximum absolute atomic E-state index is 10.6. The summed E-state index contributed by atoms with van der Waals surface area (Å²) < 4.78 is 0. The first kappa shape index (κ1) is 8.68. The molecule has 0 aliphatic heterocycles. The van der Waals surface area contributed by atoms with Crippen LogP contribution in [0.3, 0.4) is 0 Å². The van der Waals surface area contributed by atoms with Crippen molar-refractivity contribution >= 4 is 11.6 Å². The lowest BCUT2D eigenvalue weighted by molar-refractivity contribution is -0.114. The third kappa shape index (κ3) is 2.86. The average Bonchev–Trinajstić information content (AvgIpc) is 1.85. The molecule has 0 aliphatic rings. The molecule has 0 unspecified atom stereocenters. The van der Waals surface area contributed by atoms with Gasteiger partial charge < -0.3 is 11.1 Å². The summed E-state index contributed by atoms with van der Waals surface area (Å²) in [5, 5.41) is 9.36. The predicted octanol–water partition coefficient (Wildman–Crippen LogP) is -0.385. The minimum absolute atomic E-state index is 0.123. The van der Waals surface area contributed by atoms with E-state index in [1.165, 1.54) is 13.1 Å². The fourth-order valence-electron chi connectivity index (χ4n) is 0.428. The third-order valence-corrected chi connectivity index (χ3v) is 0.844. The first-order valence-electron chi connectivity index (χ1n) is 2.82. The van der Waals surface area contributed by atoms with Crippen molar-refractivity contribution in [3.8, 4) is 0 Å². The van der Waals surface area contributed by atoms with Crippen molar-refractivity contribution in [3.05, 3.63) is 11.8 Å². The maximum Gasteiger partial charge on any atom is 0.268 e. The molecule has 0 aliphatic carbocycles. The van der Waals surface area contributed by atoms with E-state index in [2.05, 4.69) is 5.32 Å². The topological polar surface area (TPSA) is 79.0 Å². The summed E-state index contributed by atoms with van der Waals surface area (Å²) in [6.45, 7) is 1.62. The molecule has 4 nitrogen and oxygen atoms in total. The standard InChI is InChI=1S/C6H11N3O/c1-4(7)3-5(8)6(10)9-2/h3,8H,7H2,1-2H3,(H,9,10).